The number of ether oxygens (including phenoxy) is 1. The average molecular weight is 334 g/mol. The van der Waals surface area contributed by atoms with E-state index in [4.69, 9.17) is 0 Å². The van der Waals surface area contributed by atoms with Gasteiger partial charge in [0.25, 0.3) is 0 Å². The second-order valence-corrected chi connectivity index (χ2v) is 5.88. The first-order valence-electron chi connectivity index (χ1n) is 7.66. The minimum absolute atomic E-state index is 0.0270. The van der Waals surface area contributed by atoms with E-state index in [1.54, 1.807) is 0 Å². The van der Waals surface area contributed by atoms with E-state index in [0.717, 1.165) is 44.2 Å². The van der Waals surface area contributed by atoms with Crippen LogP contribution in [0.3, 0.4) is 0 Å². The van der Waals surface area contributed by atoms with Crippen molar-refractivity contribution in [2.75, 3.05) is 0 Å². The van der Waals surface area contributed by atoms with E-state index in [1.165, 1.54) is 0 Å². The normalized spacial score (nSPS) is 22.5. The standard InChI is InChI=1S/C17H19F5O/c1-2-3-4-11-5-7-12(8-6-11)13-9-14(18)16(15(19)10-13)23-17(20,21)22/h2-3,9-12H,4-8H2,1H3. The van der Waals surface area contributed by atoms with E-state index >= 15 is 0 Å². The average Bonchev–Trinajstić information content (AvgIpc) is 2.48. The van der Waals surface area contributed by atoms with E-state index < -0.39 is 23.7 Å². The Kier molecular flexibility index (Phi) is 5.65. The molecule has 1 aromatic rings. The van der Waals surface area contributed by atoms with Gasteiger partial charge < -0.3 is 4.74 Å². The Morgan fingerprint density at radius 2 is 1.65 bits per heavy atom. The first-order chi connectivity index (χ1) is 10.8. The van der Waals surface area contributed by atoms with Crippen molar-refractivity contribution in [3.63, 3.8) is 0 Å². The number of hydrogen-bond acceptors (Lipinski definition) is 1. The van der Waals surface area contributed by atoms with Gasteiger partial charge in [-0.15, -0.1) is 13.2 Å². The van der Waals surface area contributed by atoms with Gasteiger partial charge in [-0.1, -0.05) is 12.2 Å². The van der Waals surface area contributed by atoms with E-state index in [9.17, 15) is 22.0 Å². The molecule has 0 spiro atoms. The van der Waals surface area contributed by atoms with Gasteiger partial charge in [-0.2, -0.15) is 0 Å². The molecule has 2 rings (SSSR count). The van der Waals surface area contributed by atoms with Gasteiger partial charge in [0.2, 0.25) is 5.75 Å². The monoisotopic (exact) mass is 334 g/mol. The zero-order chi connectivity index (χ0) is 17.0. The first kappa shape index (κ1) is 17.8. The lowest BCUT2D eigenvalue weighted by molar-refractivity contribution is -0.276. The summed E-state index contributed by atoms with van der Waals surface area (Å²) in [4.78, 5) is 0. The van der Waals surface area contributed by atoms with Crippen LogP contribution in [0, 0.1) is 17.6 Å². The van der Waals surface area contributed by atoms with Gasteiger partial charge in [-0.25, -0.2) is 8.78 Å². The summed E-state index contributed by atoms with van der Waals surface area (Å²) in [5.74, 6) is -3.48. The maximum Gasteiger partial charge on any atom is 0.573 e. The Hall–Kier alpha value is -1.59. The van der Waals surface area contributed by atoms with Gasteiger partial charge >= 0.3 is 6.36 Å². The molecule has 0 amide bonds. The summed E-state index contributed by atoms with van der Waals surface area (Å²) < 4.78 is 67.4. The summed E-state index contributed by atoms with van der Waals surface area (Å²) in [5.41, 5.74) is 0.402. The molecule has 0 radical (unpaired) electrons. The lowest BCUT2D eigenvalue weighted by atomic mass is 9.77. The minimum atomic E-state index is -5.12. The molecule has 0 bridgehead atoms. The zero-order valence-corrected chi connectivity index (χ0v) is 12.8. The van der Waals surface area contributed by atoms with Gasteiger partial charge in [-0.05, 0) is 68.6 Å². The zero-order valence-electron chi connectivity index (χ0n) is 12.8. The maximum atomic E-state index is 13.8. The highest BCUT2D eigenvalue weighted by atomic mass is 19.4. The second kappa shape index (κ2) is 7.32. The highest BCUT2D eigenvalue weighted by Gasteiger charge is 2.34. The number of alkyl halides is 3. The molecular weight excluding hydrogens is 315 g/mol. The van der Waals surface area contributed by atoms with Crippen LogP contribution in [0.25, 0.3) is 0 Å². The largest absolute Gasteiger partial charge is 0.573 e. The molecule has 0 saturated heterocycles. The van der Waals surface area contributed by atoms with Crippen LogP contribution >= 0.6 is 0 Å². The molecule has 1 saturated carbocycles. The predicted octanol–water partition coefficient (Wildman–Crippen LogP) is 6.10. The molecule has 0 atom stereocenters. The smallest absolute Gasteiger partial charge is 0.399 e. The van der Waals surface area contributed by atoms with Crippen LogP contribution in [0.15, 0.2) is 24.3 Å². The van der Waals surface area contributed by atoms with Gasteiger partial charge in [0.1, 0.15) is 0 Å². The van der Waals surface area contributed by atoms with Crippen molar-refractivity contribution in [1.82, 2.24) is 0 Å². The summed E-state index contributed by atoms with van der Waals surface area (Å²) in [7, 11) is 0. The Labute approximate surface area is 132 Å². The van der Waals surface area contributed by atoms with Crippen molar-refractivity contribution in [3.05, 3.63) is 41.5 Å². The molecule has 1 fully saturated rings. The summed E-state index contributed by atoms with van der Waals surface area (Å²) in [6.07, 6.45) is 3.42. The molecule has 1 aromatic carbocycles. The Bertz CT molecular complexity index is 534. The number of halogens is 5. The van der Waals surface area contributed by atoms with Crippen LogP contribution in [0.1, 0.15) is 50.5 Å². The third-order valence-electron chi connectivity index (χ3n) is 4.26. The quantitative estimate of drug-likeness (QED) is 0.477. The van der Waals surface area contributed by atoms with Gasteiger partial charge in [0, 0.05) is 0 Å². The SMILES string of the molecule is CC=CCC1CCC(c2cc(F)c(OC(F)(F)F)c(F)c2)CC1. The van der Waals surface area contributed by atoms with E-state index in [-0.39, 0.29) is 5.92 Å². The number of benzene rings is 1. The fraction of sp³-hybridized carbons (Fsp3) is 0.529. The lowest BCUT2D eigenvalue weighted by Crippen LogP contribution is -2.19. The topological polar surface area (TPSA) is 9.23 Å². The van der Waals surface area contributed by atoms with Crippen LogP contribution in [-0.4, -0.2) is 6.36 Å². The molecule has 0 aliphatic heterocycles. The van der Waals surface area contributed by atoms with Crippen LogP contribution < -0.4 is 4.74 Å². The Balaban J connectivity index is 2.07. The Morgan fingerprint density at radius 1 is 1.09 bits per heavy atom. The summed E-state index contributed by atoms with van der Waals surface area (Å²) in [6.45, 7) is 1.96. The number of hydrogen-bond donors (Lipinski definition) is 0. The van der Waals surface area contributed by atoms with Crippen molar-refractivity contribution < 1.29 is 26.7 Å². The fourth-order valence-corrected chi connectivity index (χ4v) is 3.09. The molecule has 1 aliphatic carbocycles. The molecule has 0 heterocycles. The highest BCUT2D eigenvalue weighted by Crippen LogP contribution is 2.39. The summed E-state index contributed by atoms with van der Waals surface area (Å²) in [6, 6.07) is 1.92. The van der Waals surface area contributed by atoms with E-state index in [1.807, 2.05) is 13.0 Å². The third-order valence-corrected chi connectivity index (χ3v) is 4.26. The van der Waals surface area contributed by atoms with E-state index in [0.29, 0.717) is 11.5 Å². The van der Waals surface area contributed by atoms with Crippen molar-refractivity contribution >= 4 is 0 Å². The van der Waals surface area contributed by atoms with Gasteiger partial charge in [-0.3, -0.25) is 0 Å². The summed E-state index contributed by atoms with van der Waals surface area (Å²) in [5, 5.41) is 0. The van der Waals surface area contributed by atoms with Crippen LogP contribution in [0.5, 0.6) is 5.75 Å². The number of allylic oxidation sites excluding steroid dienone is 2. The van der Waals surface area contributed by atoms with Crippen LogP contribution in [-0.2, 0) is 0 Å². The third kappa shape index (κ3) is 4.94. The lowest BCUT2D eigenvalue weighted by Gasteiger charge is -2.28. The number of rotatable bonds is 4. The summed E-state index contributed by atoms with van der Waals surface area (Å²) >= 11 is 0. The van der Waals surface area contributed by atoms with Crippen molar-refractivity contribution in [3.8, 4) is 5.75 Å². The molecule has 1 nitrogen and oxygen atoms in total. The van der Waals surface area contributed by atoms with Gasteiger partial charge in [0.05, 0.1) is 0 Å². The molecule has 0 aromatic heterocycles. The predicted molar refractivity (Wildman–Crippen MR) is 77.2 cm³/mol. The molecule has 128 valence electrons. The van der Waals surface area contributed by atoms with E-state index in [2.05, 4.69) is 10.8 Å². The molecule has 6 heteroatoms. The molecule has 1 aliphatic rings. The first-order valence-corrected chi connectivity index (χ1v) is 7.66. The van der Waals surface area contributed by atoms with Crippen LogP contribution in [0.4, 0.5) is 22.0 Å². The molecular formula is C17H19F5O. The van der Waals surface area contributed by atoms with Crippen LogP contribution in [0.2, 0.25) is 0 Å². The van der Waals surface area contributed by atoms with Crippen molar-refractivity contribution in [2.24, 2.45) is 5.92 Å². The second-order valence-electron chi connectivity index (χ2n) is 5.88. The fourth-order valence-electron chi connectivity index (χ4n) is 3.09. The minimum Gasteiger partial charge on any atom is -0.399 e. The highest BCUT2D eigenvalue weighted by molar-refractivity contribution is 5.33. The van der Waals surface area contributed by atoms with Crippen molar-refractivity contribution in [2.45, 2.75) is 51.3 Å². The molecule has 0 N–H and O–H groups in total. The maximum absolute atomic E-state index is 13.8. The molecule has 23 heavy (non-hydrogen) atoms. The van der Waals surface area contributed by atoms with Gasteiger partial charge in [0.15, 0.2) is 11.6 Å². The Morgan fingerprint density at radius 3 is 2.13 bits per heavy atom. The van der Waals surface area contributed by atoms with Crippen molar-refractivity contribution in [1.29, 1.82) is 0 Å². The molecule has 0 unspecified atom stereocenters.